The Morgan fingerprint density at radius 1 is 1.29 bits per heavy atom. The van der Waals surface area contributed by atoms with Crippen LogP contribution in [0.4, 0.5) is 4.79 Å². The van der Waals surface area contributed by atoms with E-state index >= 15 is 0 Å². The van der Waals surface area contributed by atoms with Gasteiger partial charge in [0.1, 0.15) is 5.60 Å². The summed E-state index contributed by atoms with van der Waals surface area (Å²) in [6.07, 6.45) is 5.33. The van der Waals surface area contributed by atoms with E-state index in [-0.39, 0.29) is 18.7 Å². The molecule has 0 aromatic rings. The maximum absolute atomic E-state index is 12.0. The van der Waals surface area contributed by atoms with Crippen molar-refractivity contribution in [2.45, 2.75) is 64.5 Å². The monoisotopic (exact) mass is 243 g/mol. The lowest BCUT2D eigenvalue weighted by Crippen LogP contribution is -2.45. The number of rotatable bonds is 3. The average Bonchev–Trinajstić information content (AvgIpc) is 2.24. The molecule has 17 heavy (non-hydrogen) atoms. The quantitative estimate of drug-likeness (QED) is 0.828. The van der Waals surface area contributed by atoms with Crippen LogP contribution in [0.25, 0.3) is 0 Å². The van der Waals surface area contributed by atoms with Crippen LogP contribution in [0.2, 0.25) is 0 Å². The fraction of sp³-hybridized carbons (Fsp3) is 0.923. The first-order valence-electron chi connectivity index (χ1n) is 6.54. The highest BCUT2D eigenvalue weighted by Gasteiger charge is 2.28. The molecule has 0 bridgehead atoms. The molecular formula is C13H25NO3. The summed E-state index contributed by atoms with van der Waals surface area (Å²) in [6, 6.07) is 0.241. The van der Waals surface area contributed by atoms with E-state index in [1.165, 1.54) is 6.42 Å². The minimum Gasteiger partial charge on any atom is -0.444 e. The van der Waals surface area contributed by atoms with E-state index in [0.717, 1.165) is 25.7 Å². The number of hydrogen-bond donors (Lipinski definition) is 1. The summed E-state index contributed by atoms with van der Waals surface area (Å²) >= 11 is 0. The summed E-state index contributed by atoms with van der Waals surface area (Å²) in [6.45, 7) is 5.96. The van der Waals surface area contributed by atoms with Crippen LogP contribution >= 0.6 is 0 Å². The second-order valence-corrected chi connectivity index (χ2v) is 5.69. The van der Waals surface area contributed by atoms with E-state index < -0.39 is 5.60 Å². The van der Waals surface area contributed by atoms with Crippen molar-refractivity contribution in [3.63, 3.8) is 0 Å². The van der Waals surface area contributed by atoms with Crippen molar-refractivity contribution in [2.24, 2.45) is 0 Å². The standard InChI is InChI=1S/C13H25NO3/c1-13(2,3)17-12(16)14(9-10-15)11-7-5-4-6-8-11/h11,15H,4-10H2,1-3H3. The Labute approximate surface area is 104 Å². The van der Waals surface area contributed by atoms with Gasteiger partial charge >= 0.3 is 6.09 Å². The average molecular weight is 243 g/mol. The molecule has 1 N–H and O–H groups in total. The molecule has 0 unspecified atom stereocenters. The van der Waals surface area contributed by atoms with Crippen molar-refractivity contribution in [3.8, 4) is 0 Å². The van der Waals surface area contributed by atoms with E-state index in [9.17, 15) is 4.79 Å². The molecule has 1 aliphatic carbocycles. The van der Waals surface area contributed by atoms with Crippen LogP contribution < -0.4 is 0 Å². The van der Waals surface area contributed by atoms with Crippen LogP contribution in [0.15, 0.2) is 0 Å². The molecular weight excluding hydrogens is 218 g/mol. The third-order valence-corrected chi connectivity index (χ3v) is 2.98. The van der Waals surface area contributed by atoms with E-state index in [1.807, 2.05) is 20.8 Å². The van der Waals surface area contributed by atoms with Crippen LogP contribution in [-0.4, -0.2) is 40.9 Å². The maximum Gasteiger partial charge on any atom is 0.410 e. The van der Waals surface area contributed by atoms with Gasteiger partial charge in [0, 0.05) is 12.6 Å². The number of ether oxygens (including phenoxy) is 1. The van der Waals surface area contributed by atoms with Gasteiger partial charge in [0.2, 0.25) is 0 Å². The number of carbonyl (C=O) groups excluding carboxylic acids is 1. The molecule has 1 fully saturated rings. The van der Waals surface area contributed by atoms with Gasteiger partial charge in [-0.1, -0.05) is 19.3 Å². The van der Waals surface area contributed by atoms with Crippen molar-refractivity contribution in [1.29, 1.82) is 0 Å². The predicted molar refractivity (Wildman–Crippen MR) is 66.9 cm³/mol. The summed E-state index contributed by atoms with van der Waals surface area (Å²) in [4.78, 5) is 13.7. The molecule has 0 aliphatic heterocycles. The summed E-state index contributed by atoms with van der Waals surface area (Å²) in [5.74, 6) is 0. The number of carbonyl (C=O) groups is 1. The third-order valence-electron chi connectivity index (χ3n) is 2.98. The highest BCUT2D eigenvalue weighted by atomic mass is 16.6. The molecule has 1 saturated carbocycles. The van der Waals surface area contributed by atoms with E-state index in [1.54, 1.807) is 4.90 Å². The molecule has 4 heteroatoms. The first-order chi connectivity index (χ1) is 7.94. The van der Waals surface area contributed by atoms with Gasteiger partial charge < -0.3 is 14.7 Å². The maximum atomic E-state index is 12.0. The minimum absolute atomic E-state index is 0.00422. The third kappa shape index (κ3) is 4.94. The van der Waals surface area contributed by atoms with E-state index in [2.05, 4.69) is 0 Å². The van der Waals surface area contributed by atoms with Gasteiger partial charge in [-0.25, -0.2) is 4.79 Å². The van der Waals surface area contributed by atoms with Gasteiger partial charge in [0.15, 0.2) is 0 Å². The molecule has 0 radical (unpaired) electrons. The largest absolute Gasteiger partial charge is 0.444 e. The number of hydrogen-bond acceptors (Lipinski definition) is 3. The van der Waals surface area contributed by atoms with Crippen molar-refractivity contribution in [1.82, 2.24) is 4.90 Å². The van der Waals surface area contributed by atoms with Crippen LogP contribution in [0, 0.1) is 0 Å². The molecule has 100 valence electrons. The topological polar surface area (TPSA) is 49.8 Å². The van der Waals surface area contributed by atoms with Crippen LogP contribution in [-0.2, 0) is 4.74 Å². The number of nitrogens with zero attached hydrogens (tertiary/aromatic N) is 1. The smallest absolute Gasteiger partial charge is 0.410 e. The normalized spacial score (nSPS) is 17.9. The highest BCUT2D eigenvalue weighted by Crippen LogP contribution is 2.24. The second kappa shape index (κ2) is 6.24. The summed E-state index contributed by atoms with van der Waals surface area (Å²) < 4.78 is 5.38. The Bertz CT molecular complexity index is 242. The highest BCUT2D eigenvalue weighted by molar-refractivity contribution is 5.68. The first-order valence-corrected chi connectivity index (χ1v) is 6.54. The molecule has 4 nitrogen and oxygen atoms in total. The van der Waals surface area contributed by atoms with Crippen LogP contribution in [0.1, 0.15) is 52.9 Å². The van der Waals surface area contributed by atoms with Crippen molar-refractivity contribution >= 4 is 6.09 Å². The predicted octanol–water partition coefficient (Wildman–Crippen LogP) is 2.55. The molecule has 1 aliphatic rings. The van der Waals surface area contributed by atoms with Crippen molar-refractivity contribution < 1.29 is 14.6 Å². The summed E-state index contributed by atoms with van der Waals surface area (Å²) in [5.41, 5.74) is -0.473. The molecule has 0 spiro atoms. The van der Waals surface area contributed by atoms with Gasteiger partial charge in [-0.15, -0.1) is 0 Å². The van der Waals surface area contributed by atoms with Gasteiger partial charge in [-0.2, -0.15) is 0 Å². The zero-order valence-corrected chi connectivity index (χ0v) is 11.2. The lowest BCUT2D eigenvalue weighted by Gasteiger charge is -2.35. The molecule has 1 amide bonds. The Hall–Kier alpha value is -0.770. The van der Waals surface area contributed by atoms with E-state index in [4.69, 9.17) is 9.84 Å². The molecule has 0 aromatic heterocycles. The Kier molecular flexibility index (Phi) is 5.25. The number of aliphatic hydroxyl groups excluding tert-OH is 1. The Morgan fingerprint density at radius 3 is 2.35 bits per heavy atom. The van der Waals surface area contributed by atoms with Gasteiger partial charge in [-0.3, -0.25) is 0 Å². The number of amides is 1. The summed E-state index contributed by atoms with van der Waals surface area (Å²) in [7, 11) is 0. The molecule has 0 atom stereocenters. The molecule has 0 heterocycles. The van der Waals surface area contributed by atoms with Gasteiger partial charge in [0.05, 0.1) is 6.61 Å². The van der Waals surface area contributed by atoms with Gasteiger partial charge in [-0.05, 0) is 33.6 Å². The lowest BCUT2D eigenvalue weighted by molar-refractivity contribution is 0.00826. The van der Waals surface area contributed by atoms with E-state index in [0.29, 0.717) is 6.54 Å². The lowest BCUT2D eigenvalue weighted by atomic mass is 9.94. The fourth-order valence-electron chi connectivity index (χ4n) is 2.24. The Balaban J connectivity index is 2.60. The fourth-order valence-corrected chi connectivity index (χ4v) is 2.24. The van der Waals surface area contributed by atoms with Crippen molar-refractivity contribution in [3.05, 3.63) is 0 Å². The van der Waals surface area contributed by atoms with Crippen LogP contribution in [0.5, 0.6) is 0 Å². The first kappa shape index (κ1) is 14.3. The Morgan fingerprint density at radius 2 is 1.88 bits per heavy atom. The zero-order valence-electron chi connectivity index (χ0n) is 11.2. The molecule has 1 rings (SSSR count). The minimum atomic E-state index is -0.473. The SMILES string of the molecule is CC(C)(C)OC(=O)N(CCO)C1CCCCC1. The van der Waals surface area contributed by atoms with Crippen molar-refractivity contribution in [2.75, 3.05) is 13.2 Å². The number of aliphatic hydroxyl groups is 1. The van der Waals surface area contributed by atoms with Crippen LogP contribution in [0.3, 0.4) is 0 Å². The second-order valence-electron chi connectivity index (χ2n) is 5.69. The van der Waals surface area contributed by atoms with Gasteiger partial charge in [0.25, 0.3) is 0 Å². The molecule has 0 saturated heterocycles. The molecule has 0 aromatic carbocycles. The zero-order chi connectivity index (χ0) is 12.9. The summed E-state index contributed by atoms with van der Waals surface area (Å²) in [5, 5.41) is 9.07.